The molecular weight excluding hydrogens is 276 g/mol. The maximum absolute atomic E-state index is 12.3. The van der Waals surface area contributed by atoms with Crippen molar-refractivity contribution in [2.24, 2.45) is 5.41 Å². The lowest BCUT2D eigenvalue weighted by Gasteiger charge is -2.27. The number of hydrogen-bond acceptors (Lipinski definition) is 3. The van der Waals surface area contributed by atoms with Crippen LogP contribution >= 0.6 is 0 Å². The number of rotatable bonds is 3. The fourth-order valence-electron chi connectivity index (χ4n) is 3.21. The molecule has 0 saturated heterocycles. The zero-order chi connectivity index (χ0) is 15.6. The minimum Gasteiger partial charge on any atom is -0.364 e. The fourth-order valence-corrected chi connectivity index (χ4v) is 3.21. The van der Waals surface area contributed by atoms with Gasteiger partial charge in [0.25, 0.3) is 0 Å². The van der Waals surface area contributed by atoms with E-state index in [1.807, 2.05) is 6.07 Å². The van der Waals surface area contributed by atoms with Crippen LogP contribution in [0.25, 0.3) is 0 Å². The Morgan fingerprint density at radius 2 is 2.18 bits per heavy atom. The van der Waals surface area contributed by atoms with Crippen LogP contribution < -0.4 is 5.32 Å². The Bertz CT molecular complexity index is 647. The number of aryl methyl sites for hydroxylation is 1. The first-order chi connectivity index (χ1) is 10.5. The van der Waals surface area contributed by atoms with Gasteiger partial charge in [0.15, 0.2) is 0 Å². The van der Waals surface area contributed by atoms with Crippen molar-refractivity contribution in [3.8, 4) is 0 Å². The van der Waals surface area contributed by atoms with E-state index in [4.69, 9.17) is 4.52 Å². The van der Waals surface area contributed by atoms with Gasteiger partial charge in [-0.3, -0.25) is 4.79 Å². The quantitative estimate of drug-likeness (QED) is 0.883. The van der Waals surface area contributed by atoms with Crippen molar-refractivity contribution >= 4 is 5.91 Å². The summed E-state index contributed by atoms with van der Waals surface area (Å²) < 4.78 is 4.78. The maximum atomic E-state index is 12.3. The lowest BCUT2D eigenvalue weighted by molar-refractivity contribution is -0.121. The van der Waals surface area contributed by atoms with E-state index in [9.17, 15) is 4.79 Å². The number of carbonyl (C=O) groups is 1. The number of aromatic nitrogens is 1. The van der Waals surface area contributed by atoms with E-state index in [1.54, 1.807) is 6.07 Å². The van der Waals surface area contributed by atoms with Crippen LogP contribution in [0.15, 0.2) is 41.1 Å². The van der Waals surface area contributed by atoms with Crippen molar-refractivity contribution in [1.29, 1.82) is 0 Å². The number of nitrogens with one attached hydrogen (secondary N) is 1. The van der Waals surface area contributed by atoms with Gasteiger partial charge in [-0.05, 0) is 35.8 Å². The Kier molecular flexibility index (Phi) is 4.01. The molecule has 0 saturated carbocycles. The highest BCUT2D eigenvalue weighted by Crippen LogP contribution is 2.39. The molecule has 0 aliphatic heterocycles. The first kappa shape index (κ1) is 14.8. The van der Waals surface area contributed by atoms with Gasteiger partial charge in [0.2, 0.25) is 5.91 Å². The van der Waals surface area contributed by atoms with Gasteiger partial charge in [0, 0.05) is 6.07 Å². The third-order valence-electron chi connectivity index (χ3n) is 4.43. The minimum absolute atomic E-state index is 0.00796. The van der Waals surface area contributed by atoms with E-state index in [2.05, 4.69) is 42.5 Å². The molecule has 116 valence electrons. The molecule has 1 heterocycles. The molecule has 1 amide bonds. The summed E-state index contributed by atoms with van der Waals surface area (Å²) >= 11 is 0. The van der Waals surface area contributed by atoms with Crippen LogP contribution in [-0.2, 0) is 17.6 Å². The molecule has 1 atom stereocenters. The lowest BCUT2D eigenvalue weighted by Crippen LogP contribution is -2.32. The third kappa shape index (κ3) is 3.38. The van der Waals surface area contributed by atoms with E-state index >= 15 is 0 Å². The third-order valence-corrected chi connectivity index (χ3v) is 4.43. The van der Waals surface area contributed by atoms with Crippen LogP contribution in [0, 0.1) is 5.41 Å². The molecule has 1 N–H and O–H groups in total. The molecular formula is C18H22N2O2. The van der Waals surface area contributed by atoms with Crippen LogP contribution in [0.1, 0.15) is 49.6 Å². The average Bonchev–Trinajstić information content (AvgIpc) is 2.93. The van der Waals surface area contributed by atoms with Crippen LogP contribution in [0.2, 0.25) is 0 Å². The number of carbonyl (C=O) groups excluding carboxylic acids is 1. The Morgan fingerprint density at radius 3 is 2.95 bits per heavy atom. The van der Waals surface area contributed by atoms with E-state index in [1.165, 1.54) is 17.4 Å². The maximum Gasteiger partial charge on any atom is 0.226 e. The average molecular weight is 298 g/mol. The molecule has 1 aliphatic carbocycles. The van der Waals surface area contributed by atoms with Gasteiger partial charge in [0.1, 0.15) is 6.26 Å². The molecule has 0 radical (unpaired) electrons. The van der Waals surface area contributed by atoms with Crippen molar-refractivity contribution in [3.63, 3.8) is 0 Å². The van der Waals surface area contributed by atoms with Gasteiger partial charge in [-0.25, -0.2) is 0 Å². The van der Waals surface area contributed by atoms with Crippen molar-refractivity contribution in [3.05, 3.63) is 53.4 Å². The summed E-state index contributed by atoms with van der Waals surface area (Å²) in [4.78, 5) is 12.3. The molecule has 4 heteroatoms. The first-order valence-corrected chi connectivity index (χ1v) is 7.80. The van der Waals surface area contributed by atoms with Crippen molar-refractivity contribution in [1.82, 2.24) is 10.5 Å². The van der Waals surface area contributed by atoms with Gasteiger partial charge >= 0.3 is 0 Å². The molecule has 1 aliphatic rings. The first-order valence-electron chi connectivity index (χ1n) is 7.80. The Labute approximate surface area is 130 Å². The molecule has 4 nitrogen and oxygen atoms in total. The fraction of sp³-hybridized carbons (Fsp3) is 0.444. The number of fused-ring (bicyclic) bond motifs is 1. The summed E-state index contributed by atoms with van der Waals surface area (Å²) in [6, 6.07) is 10.2. The van der Waals surface area contributed by atoms with Crippen molar-refractivity contribution < 1.29 is 9.32 Å². The monoisotopic (exact) mass is 298 g/mol. The Balaban J connectivity index is 1.79. The summed E-state index contributed by atoms with van der Waals surface area (Å²) in [5.74, 6) is -0.00796. The molecule has 1 aromatic heterocycles. The SMILES string of the molecule is CC1(C)CCc2ccccc2C(NC(=O)Cc2ccon2)C1. The Hall–Kier alpha value is -2.10. The van der Waals surface area contributed by atoms with Crippen LogP contribution in [0.3, 0.4) is 0 Å². The molecule has 22 heavy (non-hydrogen) atoms. The summed E-state index contributed by atoms with van der Waals surface area (Å²) in [7, 11) is 0. The predicted molar refractivity (Wildman–Crippen MR) is 84.3 cm³/mol. The van der Waals surface area contributed by atoms with Gasteiger partial charge in [-0.15, -0.1) is 0 Å². The number of hydrogen-bond donors (Lipinski definition) is 1. The van der Waals surface area contributed by atoms with E-state index in [-0.39, 0.29) is 23.8 Å². The second-order valence-electron chi connectivity index (χ2n) is 6.85. The summed E-state index contributed by atoms with van der Waals surface area (Å²) in [6.45, 7) is 4.55. The predicted octanol–water partition coefficient (Wildman–Crippen LogP) is 3.44. The van der Waals surface area contributed by atoms with Crippen molar-refractivity contribution in [2.45, 2.75) is 45.6 Å². The Morgan fingerprint density at radius 1 is 1.36 bits per heavy atom. The molecule has 0 bridgehead atoms. The molecule has 0 spiro atoms. The summed E-state index contributed by atoms with van der Waals surface area (Å²) in [6.07, 6.45) is 4.91. The highest BCUT2D eigenvalue weighted by Gasteiger charge is 2.30. The van der Waals surface area contributed by atoms with Crippen LogP contribution in [0.4, 0.5) is 0 Å². The number of benzene rings is 1. The highest BCUT2D eigenvalue weighted by atomic mass is 16.5. The van der Waals surface area contributed by atoms with E-state index in [0.717, 1.165) is 19.3 Å². The second-order valence-corrected chi connectivity index (χ2v) is 6.85. The smallest absolute Gasteiger partial charge is 0.226 e. The van der Waals surface area contributed by atoms with Crippen molar-refractivity contribution in [2.75, 3.05) is 0 Å². The lowest BCUT2D eigenvalue weighted by atomic mass is 9.83. The topological polar surface area (TPSA) is 55.1 Å². The molecule has 2 aromatic rings. The van der Waals surface area contributed by atoms with E-state index in [0.29, 0.717) is 5.69 Å². The highest BCUT2D eigenvalue weighted by molar-refractivity contribution is 5.78. The number of amides is 1. The van der Waals surface area contributed by atoms with Gasteiger partial charge in [-0.1, -0.05) is 43.3 Å². The van der Waals surface area contributed by atoms with Gasteiger partial charge in [-0.2, -0.15) is 0 Å². The van der Waals surface area contributed by atoms with Gasteiger partial charge in [0.05, 0.1) is 18.2 Å². The standard InChI is InChI=1S/C18H22N2O2/c1-18(2)9-7-13-5-3-4-6-15(13)16(12-18)19-17(21)11-14-8-10-22-20-14/h3-6,8,10,16H,7,9,11-12H2,1-2H3,(H,19,21). The molecule has 1 unspecified atom stereocenters. The largest absolute Gasteiger partial charge is 0.364 e. The molecule has 0 fully saturated rings. The van der Waals surface area contributed by atoms with Crippen LogP contribution in [-0.4, -0.2) is 11.1 Å². The minimum atomic E-state index is -0.00796. The molecule has 3 rings (SSSR count). The second kappa shape index (κ2) is 5.95. The van der Waals surface area contributed by atoms with Crippen LogP contribution in [0.5, 0.6) is 0 Å². The summed E-state index contributed by atoms with van der Waals surface area (Å²) in [5.41, 5.74) is 3.48. The number of nitrogens with zero attached hydrogens (tertiary/aromatic N) is 1. The molecule has 1 aromatic carbocycles. The van der Waals surface area contributed by atoms with Gasteiger partial charge < -0.3 is 9.84 Å². The zero-order valence-electron chi connectivity index (χ0n) is 13.1. The summed E-state index contributed by atoms with van der Waals surface area (Å²) in [5, 5.41) is 6.99. The normalized spacial score (nSPS) is 20.0. The van der Waals surface area contributed by atoms with E-state index < -0.39 is 0 Å². The zero-order valence-corrected chi connectivity index (χ0v) is 13.1.